The Kier molecular flexibility index (Phi) is 11.6. The standard InChI is InChI=1S/C42H61N2O3P/c1-38(2,3)32-47-48(46,39(4,5)6)44-28-26-36(27-29-44)43-37(45)41(9,10)30-40(7,8)31-42(33-20-14-11-15-21-33,34-22-16-12-17-23-34)35-24-18-13-19-25-35/h11-25,36H,26-32H2,1-10H3,(H,43,45). The Labute approximate surface area is 291 Å². The minimum Gasteiger partial charge on any atom is -0.353 e. The summed E-state index contributed by atoms with van der Waals surface area (Å²) in [5.41, 5.74) is 2.51. The molecule has 1 fully saturated rings. The van der Waals surface area contributed by atoms with E-state index in [1.807, 2.05) is 20.8 Å². The van der Waals surface area contributed by atoms with Gasteiger partial charge in [0.15, 0.2) is 0 Å². The molecule has 5 nitrogen and oxygen atoms in total. The lowest BCUT2D eigenvalue weighted by atomic mass is 9.59. The molecule has 0 radical (unpaired) electrons. The van der Waals surface area contributed by atoms with Crippen molar-refractivity contribution in [3.8, 4) is 0 Å². The van der Waals surface area contributed by atoms with E-state index in [9.17, 15) is 9.36 Å². The second-order valence-corrected chi connectivity index (χ2v) is 20.8. The van der Waals surface area contributed by atoms with Gasteiger partial charge in [-0.15, -0.1) is 0 Å². The summed E-state index contributed by atoms with van der Waals surface area (Å²) in [5, 5.41) is 2.92. The van der Waals surface area contributed by atoms with E-state index in [1.165, 1.54) is 16.7 Å². The summed E-state index contributed by atoms with van der Waals surface area (Å²) in [6, 6.07) is 32.5. The summed E-state index contributed by atoms with van der Waals surface area (Å²) < 4.78 is 22.6. The predicted octanol–water partition coefficient (Wildman–Crippen LogP) is 10.5. The summed E-state index contributed by atoms with van der Waals surface area (Å²) in [7, 11) is -3.07. The van der Waals surface area contributed by atoms with Crippen molar-refractivity contribution in [3.05, 3.63) is 108 Å². The first-order valence-corrected chi connectivity index (χ1v) is 19.3. The second-order valence-electron chi connectivity index (χ2n) is 17.6. The van der Waals surface area contributed by atoms with Crippen LogP contribution in [0.5, 0.6) is 0 Å². The highest BCUT2D eigenvalue weighted by molar-refractivity contribution is 7.58. The zero-order valence-electron chi connectivity index (χ0n) is 31.3. The lowest BCUT2D eigenvalue weighted by Gasteiger charge is -2.45. The molecule has 6 heteroatoms. The van der Waals surface area contributed by atoms with E-state index in [4.69, 9.17) is 4.52 Å². The van der Waals surface area contributed by atoms with E-state index in [2.05, 4.69) is 149 Å². The highest BCUT2D eigenvalue weighted by Gasteiger charge is 2.47. The second kappa shape index (κ2) is 14.6. The summed E-state index contributed by atoms with van der Waals surface area (Å²) in [5.74, 6) is 0.0849. The van der Waals surface area contributed by atoms with E-state index in [0.717, 1.165) is 25.7 Å². The first-order valence-electron chi connectivity index (χ1n) is 17.8. The number of carbonyl (C=O) groups excluding carboxylic acids is 1. The van der Waals surface area contributed by atoms with Crippen LogP contribution in [0.3, 0.4) is 0 Å². The molecular formula is C42H61N2O3P. The maximum Gasteiger partial charge on any atom is 0.277 e. The molecule has 1 unspecified atom stereocenters. The van der Waals surface area contributed by atoms with Gasteiger partial charge in [-0.25, -0.2) is 4.67 Å². The molecule has 0 saturated carbocycles. The van der Waals surface area contributed by atoms with Crippen molar-refractivity contribution < 1.29 is 13.9 Å². The highest BCUT2D eigenvalue weighted by atomic mass is 31.2. The van der Waals surface area contributed by atoms with E-state index < -0.39 is 18.1 Å². The quantitative estimate of drug-likeness (QED) is 0.154. The Morgan fingerprint density at radius 1 is 0.708 bits per heavy atom. The van der Waals surface area contributed by atoms with Gasteiger partial charge in [0.05, 0.1) is 11.8 Å². The molecule has 1 aliphatic heterocycles. The third kappa shape index (κ3) is 8.89. The van der Waals surface area contributed by atoms with Gasteiger partial charge in [-0.3, -0.25) is 9.36 Å². The number of rotatable bonds is 12. The van der Waals surface area contributed by atoms with Gasteiger partial charge in [-0.1, -0.05) is 139 Å². The topological polar surface area (TPSA) is 58.6 Å². The fourth-order valence-corrected chi connectivity index (χ4v) is 10.4. The van der Waals surface area contributed by atoms with Gasteiger partial charge in [-0.2, -0.15) is 0 Å². The van der Waals surface area contributed by atoms with Crippen LogP contribution >= 0.6 is 7.52 Å². The smallest absolute Gasteiger partial charge is 0.277 e. The number of hydrogen-bond acceptors (Lipinski definition) is 3. The average molecular weight is 673 g/mol. The van der Waals surface area contributed by atoms with Crippen molar-refractivity contribution in [3.63, 3.8) is 0 Å². The van der Waals surface area contributed by atoms with Crippen molar-refractivity contribution in [1.82, 2.24) is 9.99 Å². The predicted molar refractivity (Wildman–Crippen MR) is 202 cm³/mol. The Hall–Kier alpha value is -2.72. The maximum absolute atomic E-state index is 14.3. The third-order valence-electron chi connectivity index (χ3n) is 9.78. The molecule has 0 aromatic heterocycles. The SMILES string of the molecule is CC(C)(C)COP(=O)(N1CCC(NC(=O)C(C)(C)CC(C)(C)CC(c2ccccc2)(c2ccccc2)c2ccccc2)CC1)C(C)(C)C. The Bertz CT molecular complexity index is 1420. The summed E-state index contributed by atoms with van der Waals surface area (Å²) in [6.07, 6.45) is 3.06. The van der Waals surface area contributed by atoms with Crippen LogP contribution in [-0.4, -0.2) is 41.5 Å². The Morgan fingerprint density at radius 2 is 1.12 bits per heavy atom. The molecule has 48 heavy (non-hydrogen) atoms. The lowest BCUT2D eigenvalue weighted by molar-refractivity contribution is -0.132. The molecule has 3 aromatic rings. The van der Waals surface area contributed by atoms with Gasteiger partial charge >= 0.3 is 0 Å². The fraction of sp³-hybridized carbons (Fsp3) is 0.548. The van der Waals surface area contributed by atoms with Gasteiger partial charge in [0.25, 0.3) is 7.52 Å². The number of nitrogens with zero attached hydrogens (tertiary/aromatic N) is 1. The molecule has 262 valence electrons. The maximum atomic E-state index is 14.3. The molecule has 0 bridgehead atoms. The van der Waals surface area contributed by atoms with Crippen LogP contribution in [0.1, 0.15) is 112 Å². The van der Waals surface area contributed by atoms with Crippen LogP contribution in [0.4, 0.5) is 0 Å². The minimum atomic E-state index is -3.07. The molecule has 1 saturated heterocycles. The van der Waals surface area contributed by atoms with Crippen molar-refractivity contribution in [2.24, 2.45) is 16.2 Å². The lowest BCUT2D eigenvalue weighted by Crippen LogP contribution is -2.49. The first-order chi connectivity index (χ1) is 22.3. The van der Waals surface area contributed by atoms with Crippen LogP contribution in [-0.2, 0) is 19.3 Å². The molecule has 1 aliphatic rings. The van der Waals surface area contributed by atoms with E-state index in [-0.39, 0.29) is 28.2 Å². The molecule has 1 N–H and O–H groups in total. The number of amides is 1. The summed E-state index contributed by atoms with van der Waals surface area (Å²) in [4.78, 5) is 14.0. The number of piperidine rings is 1. The largest absolute Gasteiger partial charge is 0.353 e. The minimum absolute atomic E-state index is 0.0456. The molecule has 1 heterocycles. The van der Waals surface area contributed by atoms with Gasteiger partial charge in [0.1, 0.15) is 0 Å². The van der Waals surface area contributed by atoms with Crippen LogP contribution in [0.15, 0.2) is 91.0 Å². The Balaban J connectivity index is 1.52. The molecular weight excluding hydrogens is 611 g/mol. The number of nitrogens with one attached hydrogen (secondary N) is 1. The number of benzene rings is 3. The van der Waals surface area contributed by atoms with Crippen molar-refractivity contribution in [2.45, 2.75) is 112 Å². The zero-order chi connectivity index (χ0) is 35.4. The number of carbonyl (C=O) groups is 1. The van der Waals surface area contributed by atoms with Gasteiger partial charge < -0.3 is 9.84 Å². The van der Waals surface area contributed by atoms with E-state index in [0.29, 0.717) is 19.7 Å². The zero-order valence-corrected chi connectivity index (χ0v) is 32.2. The molecule has 1 atom stereocenters. The van der Waals surface area contributed by atoms with Crippen LogP contribution in [0.2, 0.25) is 0 Å². The number of hydrogen-bond donors (Lipinski definition) is 1. The van der Waals surface area contributed by atoms with Crippen LogP contribution in [0, 0.1) is 16.2 Å². The summed E-state index contributed by atoms with van der Waals surface area (Å²) >= 11 is 0. The normalized spacial score (nSPS) is 17.1. The highest BCUT2D eigenvalue weighted by Crippen LogP contribution is 2.62. The van der Waals surface area contributed by atoms with E-state index in [1.54, 1.807) is 0 Å². The van der Waals surface area contributed by atoms with Crippen molar-refractivity contribution in [2.75, 3.05) is 19.7 Å². The molecule has 0 spiro atoms. The van der Waals surface area contributed by atoms with E-state index >= 15 is 0 Å². The molecule has 1 amide bonds. The first kappa shape index (κ1) is 38.1. The molecule has 3 aromatic carbocycles. The Morgan fingerprint density at radius 3 is 1.50 bits per heavy atom. The average Bonchev–Trinajstić information content (AvgIpc) is 3.02. The monoisotopic (exact) mass is 672 g/mol. The van der Waals surface area contributed by atoms with Gasteiger partial charge in [0, 0.05) is 30.0 Å². The van der Waals surface area contributed by atoms with Crippen LogP contribution in [0.25, 0.3) is 0 Å². The third-order valence-corrected chi connectivity index (χ3v) is 13.1. The molecule has 0 aliphatic carbocycles. The fourth-order valence-electron chi connectivity index (χ4n) is 7.67. The van der Waals surface area contributed by atoms with Crippen molar-refractivity contribution in [1.29, 1.82) is 0 Å². The van der Waals surface area contributed by atoms with Gasteiger partial charge in [0.2, 0.25) is 5.91 Å². The van der Waals surface area contributed by atoms with Crippen LogP contribution < -0.4 is 5.32 Å². The van der Waals surface area contributed by atoms with Gasteiger partial charge in [-0.05, 0) is 74.0 Å². The summed E-state index contributed by atoms with van der Waals surface area (Å²) in [6.45, 7) is 22.9. The van der Waals surface area contributed by atoms with Crippen molar-refractivity contribution >= 4 is 13.4 Å². The molecule has 4 rings (SSSR count).